The molecule has 1 saturated heterocycles. The van der Waals surface area contributed by atoms with E-state index in [-0.39, 0.29) is 17.2 Å². The molecule has 6 nitrogen and oxygen atoms in total. The molecule has 1 atom stereocenters. The molecule has 2 aromatic rings. The summed E-state index contributed by atoms with van der Waals surface area (Å²) in [5, 5.41) is 8.31. The largest absolute Gasteiger partial charge is 0.342 e. The Morgan fingerprint density at radius 2 is 2.11 bits per heavy atom. The van der Waals surface area contributed by atoms with Gasteiger partial charge in [0.1, 0.15) is 0 Å². The summed E-state index contributed by atoms with van der Waals surface area (Å²) in [7, 11) is 1.86. The molecule has 1 spiro atoms. The van der Waals surface area contributed by atoms with E-state index in [0.29, 0.717) is 19.0 Å². The molecule has 0 N–H and O–H groups in total. The molecule has 3 heterocycles. The van der Waals surface area contributed by atoms with Crippen molar-refractivity contribution in [3.63, 3.8) is 0 Å². The number of rotatable bonds is 5. The van der Waals surface area contributed by atoms with Gasteiger partial charge >= 0.3 is 0 Å². The molecule has 0 unspecified atom stereocenters. The van der Waals surface area contributed by atoms with Gasteiger partial charge in [0.15, 0.2) is 0 Å². The quantitative estimate of drug-likeness (QED) is 0.793. The van der Waals surface area contributed by atoms with E-state index in [1.54, 1.807) is 29.1 Å². The maximum Gasteiger partial charge on any atom is 0.227 e. The first kappa shape index (κ1) is 18.2. The normalized spacial score (nSPS) is 20.7. The number of carbonyl (C=O) groups excluding carboxylic acids is 2. The van der Waals surface area contributed by atoms with Crippen molar-refractivity contribution >= 4 is 23.2 Å². The van der Waals surface area contributed by atoms with E-state index in [1.807, 2.05) is 23.0 Å². The highest BCUT2D eigenvalue weighted by Crippen LogP contribution is 2.57. The Labute approximate surface area is 163 Å². The van der Waals surface area contributed by atoms with Crippen LogP contribution in [0.25, 0.3) is 0 Å². The third-order valence-corrected chi connectivity index (χ3v) is 6.82. The summed E-state index contributed by atoms with van der Waals surface area (Å²) in [6, 6.07) is 2.42. The van der Waals surface area contributed by atoms with Crippen LogP contribution in [0.2, 0.25) is 0 Å². The van der Waals surface area contributed by atoms with Crippen LogP contribution in [0.15, 0.2) is 29.2 Å². The lowest BCUT2D eigenvalue weighted by atomic mass is 9.92. The van der Waals surface area contributed by atoms with Gasteiger partial charge in [0.05, 0.1) is 12.6 Å². The Morgan fingerprint density at radius 3 is 2.70 bits per heavy atom. The number of aryl methyl sites for hydroxylation is 1. The van der Waals surface area contributed by atoms with Crippen molar-refractivity contribution in [1.29, 1.82) is 0 Å². The lowest BCUT2D eigenvalue weighted by Crippen LogP contribution is -2.43. The number of amides is 2. The fraction of sp³-hybridized carbons (Fsp3) is 0.550. The lowest BCUT2D eigenvalue weighted by Gasteiger charge is -2.34. The summed E-state index contributed by atoms with van der Waals surface area (Å²) >= 11 is 1.67. The number of hydrogen-bond donors (Lipinski definition) is 0. The molecule has 144 valence electrons. The number of piperidine rings is 1. The highest BCUT2D eigenvalue weighted by molar-refractivity contribution is 7.07. The fourth-order valence-electron chi connectivity index (χ4n) is 4.38. The topological polar surface area (TPSA) is 58.4 Å². The van der Waals surface area contributed by atoms with Crippen molar-refractivity contribution in [1.82, 2.24) is 19.6 Å². The summed E-state index contributed by atoms with van der Waals surface area (Å²) in [6.45, 7) is 3.96. The minimum atomic E-state index is 0.151. The van der Waals surface area contributed by atoms with E-state index in [0.717, 1.165) is 37.9 Å². The minimum Gasteiger partial charge on any atom is -0.342 e. The van der Waals surface area contributed by atoms with Crippen molar-refractivity contribution < 1.29 is 9.59 Å². The Kier molecular flexibility index (Phi) is 4.80. The van der Waals surface area contributed by atoms with Gasteiger partial charge in [-0.2, -0.15) is 16.4 Å². The summed E-state index contributed by atoms with van der Waals surface area (Å²) in [5.74, 6) is 0.329. The molecule has 2 aromatic heterocycles. The predicted octanol–water partition coefficient (Wildman–Crippen LogP) is 2.45. The average molecular weight is 387 g/mol. The molecule has 4 rings (SSSR count). The first-order valence-corrected chi connectivity index (χ1v) is 10.4. The van der Waals surface area contributed by atoms with Crippen LogP contribution >= 0.6 is 11.3 Å². The maximum absolute atomic E-state index is 12.6. The first-order valence-electron chi connectivity index (χ1n) is 9.50. The van der Waals surface area contributed by atoms with Gasteiger partial charge in [-0.05, 0) is 52.6 Å². The Balaban J connectivity index is 1.33. The van der Waals surface area contributed by atoms with Gasteiger partial charge in [-0.3, -0.25) is 14.3 Å². The number of likely N-dealkylation sites (tertiary alicyclic amines) is 1. The number of nitrogens with zero attached hydrogens (tertiary/aromatic N) is 4. The summed E-state index contributed by atoms with van der Waals surface area (Å²) < 4.78 is 1.73. The monoisotopic (exact) mass is 386 g/mol. The van der Waals surface area contributed by atoms with E-state index < -0.39 is 0 Å². The summed E-state index contributed by atoms with van der Waals surface area (Å²) in [6.07, 6.45) is 7.13. The highest BCUT2D eigenvalue weighted by Gasteiger charge is 2.58. The molecule has 7 heteroatoms. The minimum absolute atomic E-state index is 0.151. The zero-order valence-electron chi connectivity index (χ0n) is 15.9. The standard InChI is InChI=1S/C20H26N4O2S/c1-15(25)24(13-16-3-8-27-14-16)18-10-20(18)4-6-23(7-5-20)19(26)9-17-11-21-22(2)12-17/h3,8,11-12,14,18H,4-7,9-10,13H2,1-2H3/t18-/m0/s1. The molecule has 1 aliphatic heterocycles. The van der Waals surface area contributed by atoms with Gasteiger partial charge in [0, 0.05) is 45.8 Å². The van der Waals surface area contributed by atoms with Gasteiger partial charge in [-0.1, -0.05) is 0 Å². The Hall–Kier alpha value is -2.15. The van der Waals surface area contributed by atoms with Gasteiger partial charge < -0.3 is 9.80 Å². The predicted molar refractivity (Wildman–Crippen MR) is 104 cm³/mol. The molecule has 0 radical (unpaired) electrons. The van der Waals surface area contributed by atoms with Crippen molar-refractivity contribution in [2.24, 2.45) is 12.5 Å². The zero-order chi connectivity index (χ0) is 19.0. The van der Waals surface area contributed by atoms with Gasteiger partial charge in [-0.15, -0.1) is 0 Å². The molecular formula is C20H26N4O2S. The molecule has 0 bridgehead atoms. The highest BCUT2D eigenvalue weighted by atomic mass is 32.1. The number of aromatic nitrogens is 2. The van der Waals surface area contributed by atoms with Gasteiger partial charge in [-0.25, -0.2) is 0 Å². The van der Waals surface area contributed by atoms with Crippen molar-refractivity contribution in [3.8, 4) is 0 Å². The maximum atomic E-state index is 12.6. The molecule has 27 heavy (non-hydrogen) atoms. The van der Waals surface area contributed by atoms with Crippen LogP contribution in [0.4, 0.5) is 0 Å². The Morgan fingerprint density at radius 1 is 1.33 bits per heavy atom. The van der Waals surface area contributed by atoms with Crippen LogP contribution in [-0.4, -0.2) is 50.5 Å². The van der Waals surface area contributed by atoms with Crippen LogP contribution in [-0.2, 0) is 29.6 Å². The molecule has 1 saturated carbocycles. The summed E-state index contributed by atoms with van der Waals surface area (Å²) in [5.41, 5.74) is 2.39. The third kappa shape index (κ3) is 3.78. The smallest absolute Gasteiger partial charge is 0.227 e. The molecule has 1 aliphatic carbocycles. The SMILES string of the molecule is CC(=O)N(Cc1ccsc1)[C@H]1CC12CCN(C(=O)Cc1cnn(C)c1)CC2. The second kappa shape index (κ2) is 7.11. The molecular weight excluding hydrogens is 360 g/mol. The first-order chi connectivity index (χ1) is 13.0. The second-order valence-corrected chi connectivity index (χ2v) is 8.72. The van der Waals surface area contributed by atoms with E-state index in [4.69, 9.17) is 0 Å². The summed E-state index contributed by atoms with van der Waals surface area (Å²) in [4.78, 5) is 28.8. The average Bonchev–Trinajstić information content (AvgIpc) is 3.00. The molecule has 0 aromatic carbocycles. The van der Waals surface area contributed by atoms with Gasteiger partial charge in [0.25, 0.3) is 0 Å². The van der Waals surface area contributed by atoms with E-state index in [2.05, 4.69) is 21.9 Å². The van der Waals surface area contributed by atoms with Crippen LogP contribution in [0.3, 0.4) is 0 Å². The fourth-order valence-corrected chi connectivity index (χ4v) is 5.04. The number of carbonyl (C=O) groups is 2. The van der Waals surface area contributed by atoms with Crippen LogP contribution in [0.5, 0.6) is 0 Å². The van der Waals surface area contributed by atoms with Crippen LogP contribution in [0, 0.1) is 5.41 Å². The van der Waals surface area contributed by atoms with Gasteiger partial charge in [0.2, 0.25) is 11.8 Å². The Bertz CT molecular complexity index is 821. The zero-order valence-corrected chi connectivity index (χ0v) is 16.7. The molecule has 2 amide bonds. The van der Waals surface area contributed by atoms with Crippen molar-refractivity contribution in [3.05, 3.63) is 40.3 Å². The van der Waals surface area contributed by atoms with E-state index in [1.165, 1.54) is 5.56 Å². The van der Waals surface area contributed by atoms with Crippen LogP contribution < -0.4 is 0 Å². The number of hydrogen-bond acceptors (Lipinski definition) is 4. The third-order valence-electron chi connectivity index (χ3n) is 6.09. The van der Waals surface area contributed by atoms with Crippen molar-refractivity contribution in [2.75, 3.05) is 13.1 Å². The molecule has 2 aliphatic rings. The molecule has 2 fully saturated rings. The van der Waals surface area contributed by atoms with E-state index >= 15 is 0 Å². The van der Waals surface area contributed by atoms with Crippen LogP contribution in [0.1, 0.15) is 37.3 Å². The van der Waals surface area contributed by atoms with E-state index in [9.17, 15) is 9.59 Å². The van der Waals surface area contributed by atoms with Crippen molar-refractivity contribution in [2.45, 2.75) is 45.2 Å². The second-order valence-electron chi connectivity index (χ2n) is 7.94. The number of thiophene rings is 1. The lowest BCUT2D eigenvalue weighted by molar-refractivity contribution is -0.134.